The average molecular weight is 508 g/mol. The fraction of sp³-hybridized carbons (Fsp3) is 0.364. The standard InChI is InChI=1S/C22H28N4O2.HI/c1-2-23-22(25-15-18(27)12-16-8-4-3-5-9-16)24-14-17-13-21(28)26-20-11-7-6-10-19(17)20;/h3-11,17-18,27H,2,12-15H2,1H3,(H,26,28)(H2,23,24,25);1H. The number of amides is 1. The minimum absolute atomic E-state index is 0. The van der Waals surface area contributed by atoms with E-state index in [4.69, 9.17) is 0 Å². The molecule has 4 N–H and O–H groups in total. The molecule has 0 aliphatic carbocycles. The van der Waals surface area contributed by atoms with Crippen LogP contribution in [0.25, 0.3) is 0 Å². The molecular formula is C22H29IN4O2. The van der Waals surface area contributed by atoms with Gasteiger partial charge in [0, 0.05) is 37.5 Å². The predicted octanol–water partition coefficient (Wildman–Crippen LogP) is 2.89. The number of halogens is 1. The number of aliphatic imine (C=N–C) groups is 1. The molecule has 6 nitrogen and oxygen atoms in total. The predicted molar refractivity (Wildman–Crippen MR) is 128 cm³/mol. The average Bonchev–Trinajstić information content (AvgIpc) is 2.70. The third kappa shape index (κ3) is 7.01. The van der Waals surface area contributed by atoms with Crippen molar-refractivity contribution in [1.29, 1.82) is 0 Å². The number of carbonyl (C=O) groups excluding carboxylic acids is 1. The molecule has 2 aromatic rings. The highest BCUT2D eigenvalue weighted by Crippen LogP contribution is 2.31. The van der Waals surface area contributed by atoms with Gasteiger partial charge >= 0.3 is 0 Å². The number of nitrogens with zero attached hydrogens (tertiary/aromatic N) is 1. The molecule has 3 rings (SSSR count). The van der Waals surface area contributed by atoms with Crippen LogP contribution in [-0.2, 0) is 11.2 Å². The van der Waals surface area contributed by atoms with Crippen LogP contribution in [0.1, 0.15) is 30.4 Å². The summed E-state index contributed by atoms with van der Waals surface area (Å²) in [4.78, 5) is 16.5. The van der Waals surface area contributed by atoms with E-state index in [1.807, 2.05) is 55.5 Å². The minimum Gasteiger partial charge on any atom is -0.391 e. The number of fused-ring (bicyclic) bond motifs is 1. The molecule has 0 saturated carbocycles. The summed E-state index contributed by atoms with van der Waals surface area (Å²) in [5, 5.41) is 19.7. The van der Waals surface area contributed by atoms with Crippen molar-refractivity contribution < 1.29 is 9.90 Å². The van der Waals surface area contributed by atoms with E-state index in [1.54, 1.807) is 0 Å². The van der Waals surface area contributed by atoms with Gasteiger partial charge in [0.15, 0.2) is 5.96 Å². The zero-order valence-electron chi connectivity index (χ0n) is 16.6. The lowest BCUT2D eigenvalue weighted by atomic mass is 9.90. The number of carbonyl (C=O) groups is 1. The van der Waals surface area contributed by atoms with Gasteiger partial charge in [-0.05, 0) is 24.1 Å². The number of guanidine groups is 1. The number of hydrogen-bond acceptors (Lipinski definition) is 3. The molecule has 0 spiro atoms. The molecule has 0 radical (unpaired) electrons. The molecule has 0 saturated heterocycles. The fourth-order valence-electron chi connectivity index (χ4n) is 3.39. The highest BCUT2D eigenvalue weighted by atomic mass is 127. The van der Waals surface area contributed by atoms with Gasteiger partial charge in [-0.15, -0.1) is 24.0 Å². The first-order chi connectivity index (χ1) is 13.7. The number of nitrogens with one attached hydrogen (secondary N) is 3. The Balaban J connectivity index is 0.00000300. The maximum absolute atomic E-state index is 12.0. The highest BCUT2D eigenvalue weighted by Gasteiger charge is 2.24. The third-order valence-electron chi connectivity index (χ3n) is 4.74. The van der Waals surface area contributed by atoms with Gasteiger partial charge in [0.1, 0.15) is 0 Å². The Morgan fingerprint density at radius 1 is 1.17 bits per heavy atom. The van der Waals surface area contributed by atoms with Crippen molar-refractivity contribution in [2.24, 2.45) is 4.99 Å². The summed E-state index contributed by atoms with van der Waals surface area (Å²) >= 11 is 0. The first kappa shape index (κ1) is 23.2. The van der Waals surface area contributed by atoms with E-state index in [0.29, 0.717) is 31.9 Å². The lowest BCUT2D eigenvalue weighted by Crippen LogP contribution is -2.41. The number of para-hydroxylation sites is 1. The minimum atomic E-state index is -0.543. The van der Waals surface area contributed by atoms with Crippen LogP contribution in [0.2, 0.25) is 0 Å². The quantitative estimate of drug-likeness (QED) is 0.263. The van der Waals surface area contributed by atoms with Gasteiger partial charge in [-0.1, -0.05) is 48.5 Å². The smallest absolute Gasteiger partial charge is 0.225 e. The van der Waals surface area contributed by atoms with Crippen molar-refractivity contribution in [3.05, 3.63) is 65.7 Å². The largest absolute Gasteiger partial charge is 0.391 e. The number of rotatable bonds is 7. The van der Waals surface area contributed by atoms with Crippen molar-refractivity contribution in [3.63, 3.8) is 0 Å². The summed E-state index contributed by atoms with van der Waals surface area (Å²) in [6.07, 6.45) is 0.471. The summed E-state index contributed by atoms with van der Waals surface area (Å²) in [7, 11) is 0. The second kappa shape index (κ2) is 11.8. The Bertz CT molecular complexity index is 813. The molecule has 0 fully saturated rings. The van der Waals surface area contributed by atoms with E-state index in [1.165, 1.54) is 0 Å². The summed E-state index contributed by atoms with van der Waals surface area (Å²) < 4.78 is 0. The zero-order valence-corrected chi connectivity index (χ0v) is 18.9. The Morgan fingerprint density at radius 2 is 1.90 bits per heavy atom. The Hall–Kier alpha value is -2.13. The van der Waals surface area contributed by atoms with Crippen molar-refractivity contribution in [2.75, 3.05) is 25.0 Å². The van der Waals surface area contributed by atoms with Crippen LogP contribution in [0.15, 0.2) is 59.6 Å². The molecule has 29 heavy (non-hydrogen) atoms. The third-order valence-corrected chi connectivity index (χ3v) is 4.74. The number of benzene rings is 2. The first-order valence-electron chi connectivity index (χ1n) is 9.78. The van der Waals surface area contributed by atoms with Gasteiger partial charge in [0.25, 0.3) is 0 Å². The number of aliphatic hydroxyl groups is 1. The van der Waals surface area contributed by atoms with Crippen LogP contribution >= 0.6 is 24.0 Å². The molecule has 1 amide bonds. The lowest BCUT2D eigenvalue weighted by molar-refractivity contribution is -0.116. The number of hydrogen-bond donors (Lipinski definition) is 4. The van der Waals surface area contributed by atoms with Crippen molar-refractivity contribution >= 4 is 41.5 Å². The lowest BCUT2D eigenvalue weighted by Gasteiger charge is -2.26. The summed E-state index contributed by atoms with van der Waals surface area (Å²) in [6, 6.07) is 17.8. The van der Waals surface area contributed by atoms with Gasteiger partial charge in [0.05, 0.1) is 12.6 Å². The molecule has 2 atom stereocenters. The van der Waals surface area contributed by atoms with Crippen LogP contribution < -0.4 is 16.0 Å². The molecule has 1 aliphatic rings. The first-order valence-corrected chi connectivity index (χ1v) is 9.78. The van der Waals surface area contributed by atoms with Gasteiger partial charge in [0.2, 0.25) is 5.91 Å². The SMILES string of the molecule is CCNC(=NCC(O)Cc1ccccc1)NCC1CC(=O)Nc2ccccc21.I. The zero-order chi connectivity index (χ0) is 19.8. The second-order valence-electron chi connectivity index (χ2n) is 6.98. The molecule has 0 bridgehead atoms. The Kier molecular flexibility index (Phi) is 9.40. The topological polar surface area (TPSA) is 85.8 Å². The normalized spacial score (nSPS) is 16.8. The molecular weight excluding hydrogens is 479 g/mol. The van der Waals surface area contributed by atoms with Crippen LogP contribution in [0.3, 0.4) is 0 Å². The molecule has 156 valence electrons. The summed E-state index contributed by atoms with van der Waals surface area (Å²) in [6.45, 7) is 3.64. The Labute approximate surface area is 189 Å². The Morgan fingerprint density at radius 3 is 2.66 bits per heavy atom. The van der Waals surface area contributed by atoms with Gasteiger partial charge in [-0.2, -0.15) is 0 Å². The second-order valence-corrected chi connectivity index (χ2v) is 6.98. The number of anilines is 1. The molecule has 2 aromatic carbocycles. The van der Waals surface area contributed by atoms with E-state index in [-0.39, 0.29) is 35.8 Å². The van der Waals surface area contributed by atoms with Crippen LogP contribution in [0, 0.1) is 0 Å². The molecule has 7 heteroatoms. The van der Waals surface area contributed by atoms with Crippen LogP contribution in [-0.4, -0.2) is 42.7 Å². The van der Waals surface area contributed by atoms with E-state index in [9.17, 15) is 9.90 Å². The van der Waals surface area contributed by atoms with Gasteiger partial charge in [-0.3, -0.25) is 9.79 Å². The van der Waals surface area contributed by atoms with Crippen molar-refractivity contribution in [1.82, 2.24) is 10.6 Å². The van der Waals surface area contributed by atoms with E-state index in [0.717, 1.165) is 23.4 Å². The maximum Gasteiger partial charge on any atom is 0.225 e. The van der Waals surface area contributed by atoms with E-state index in [2.05, 4.69) is 27.0 Å². The highest BCUT2D eigenvalue weighted by molar-refractivity contribution is 14.0. The maximum atomic E-state index is 12.0. The fourth-order valence-corrected chi connectivity index (χ4v) is 3.39. The molecule has 1 heterocycles. The van der Waals surface area contributed by atoms with Crippen molar-refractivity contribution in [3.8, 4) is 0 Å². The van der Waals surface area contributed by atoms with Crippen LogP contribution in [0.5, 0.6) is 0 Å². The van der Waals surface area contributed by atoms with Gasteiger partial charge in [-0.25, -0.2) is 0 Å². The monoisotopic (exact) mass is 508 g/mol. The van der Waals surface area contributed by atoms with Crippen LogP contribution in [0.4, 0.5) is 5.69 Å². The molecule has 1 aliphatic heterocycles. The van der Waals surface area contributed by atoms with E-state index >= 15 is 0 Å². The summed E-state index contributed by atoms with van der Waals surface area (Å²) in [5.41, 5.74) is 3.10. The van der Waals surface area contributed by atoms with E-state index < -0.39 is 6.10 Å². The molecule has 0 aromatic heterocycles. The molecule has 2 unspecified atom stereocenters. The van der Waals surface area contributed by atoms with Crippen molar-refractivity contribution in [2.45, 2.75) is 31.8 Å². The van der Waals surface area contributed by atoms with Gasteiger partial charge < -0.3 is 21.1 Å². The number of aliphatic hydroxyl groups excluding tert-OH is 1. The summed E-state index contributed by atoms with van der Waals surface area (Å²) in [5.74, 6) is 0.770.